The summed E-state index contributed by atoms with van der Waals surface area (Å²) < 4.78 is 5.30. The van der Waals surface area contributed by atoms with Crippen molar-refractivity contribution >= 4 is 11.9 Å². The van der Waals surface area contributed by atoms with Crippen LogP contribution in [-0.2, 0) is 9.59 Å². The normalized spacial score (nSPS) is 13.6. The fraction of sp³-hybridized carbons (Fsp3) is 0.500. The number of rotatable bonds is 7. The Balaban J connectivity index is 2.66. The maximum absolute atomic E-state index is 12.0. The third-order valence-corrected chi connectivity index (χ3v) is 3.63. The topological polar surface area (TPSA) is 58.6 Å². The molecule has 1 aromatic carbocycles. The Hall–Kier alpha value is -1.88. The first-order valence-electron chi connectivity index (χ1n) is 7.06. The average Bonchev–Trinajstić information content (AvgIpc) is 2.46. The molecule has 21 heavy (non-hydrogen) atoms. The zero-order valence-corrected chi connectivity index (χ0v) is 13.1. The van der Waals surface area contributed by atoms with Crippen molar-refractivity contribution in [2.45, 2.75) is 25.8 Å². The van der Waals surface area contributed by atoms with Gasteiger partial charge in [0.2, 0.25) is 5.91 Å². The molecule has 0 aromatic heterocycles. The summed E-state index contributed by atoms with van der Waals surface area (Å²) in [6, 6.07) is 9.06. The number of ether oxygens (including phenoxy) is 1. The highest BCUT2D eigenvalue weighted by molar-refractivity contribution is 5.78. The Bertz CT molecular complexity index is 460. The number of nitrogens with zero attached hydrogens (tertiary/aromatic N) is 1. The van der Waals surface area contributed by atoms with Crippen LogP contribution in [0.25, 0.3) is 0 Å². The second-order valence-electron chi connectivity index (χ2n) is 5.33. The van der Waals surface area contributed by atoms with Crippen molar-refractivity contribution in [2.24, 2.45) is 5.92 Å². The van der Waals surface area contributed by atoms with Gasteiger partial charge in [0, 0.05) is 19.5 Å². The number of carbonyl (C=O) groups is 2. The van der Waals surface area contributed by atoms with Crippen molar-refractivity contribution in [1.82, 2.24) is 10.2 Å². The lowest BCUT2D eigenvalue weighted by molar-refractivity contribution is -0.136. The van der Waals surface area contributed by atoms with E-state index in [9.17, 15) is 9.59 Å². The predicted molar refractivity (Wildman–Crippen MR) is 82.0 cm³/mol. The number of esters is 1. The fourth-order valence-electron chi connectivity index (χ4n) is 2.05. The summed E-state index contributed by atoms with van der Waals surface area (Å²) in [5, 5.41) is 2.60. The molecule has 0 radical (unpaired) electrons. The molecule has 0 aliphatic carbocycles. The quantitative estimate of drug-likeness (QED) is 0.613. The van der Waals surface area contributed by atoms with E-state index < -0.39 is 0 Å². The van der Waals surface area contributed by atoms with E-state index >= 15 is 0 Å². The average molecular weight is 292 g/mol. The SMILES string of the molecule is CNC(=O)CC(CC(=O)Oc1ccccc1)C(C)N(C)C. The Labute approximate surface area is 126 Å². The largest absolute Gasteiger partial charge is 0.427 e. The van der Waals surface area contributed by atoms with Crippen molar-refractivity contribution < 1.29 is 14.3 Å². The molecule has 2 unspecified atom stereocenters. The van der Waals surface area contributed by atoms with Gasteiger partial charge in [0.05, 0.1) is 6.42 Å². The molecule has 0 saturated heterocycles. The van der Waals surface area contributed by atoms with E-state index in [-0.39, 0.29) is 30.3 Å². The summed E-state index contributed by atoms with van der Waals surface area (Å²) in [7, 11) is 5.47. The van der Waals surface area contributed by atoms with Gasteiger partial charge in [-0.2, -0.15) is 0 Å². The number of carbonyl (C=O) groups excluding carboxylic acids is 2. The highest BCUT2D eigenvalue weighted by Crippen LogP contribution is 2.19. The van der Waals surface area contributed by atoms with Crippen LogP contribution in [0.15, 0.2) is 30.3 Å². The van der Waals surface area contributed by atoms with Crippen molar-refractivity contribution in [2.75, 3.05) is 21.1 Å². The zero-order valence-electron chi connectivity index (χ0n) is 13.1. The maximum atomic E-state index is 12.0. The van der Waals surface area contributed by atoms with Crippen molar-refractivity contribution in [1.29, 1.82) is 0 Å². The van der Waals surface area contributed by atoms with Gasteiger partial charge in [-0.25, -0.2) is 0 Å². The number of hydrogen-bond donors (Lipinski definition) is 1. The first-order chi connectivity index (χ1) is 9.93. The van der Waals surface area contributed by atoms with Gasteiger partial charge in [-0.15, -0.1) is 0 Å². The van der Waals surface area contributed by atoms with E-state index in [2.05, 4.69) is 5.32 Å². The second kappa shape index (κ2) is 8.42. The van der Waals surface area contributed by atoms with E-state index in [1.807, 2.05) is 44.1 Å². The summed E-state index contributed by atoms with van der Waals surface area (Å²) in [5.74, 6) is 0.0554. The standard InChI is InChI=1S/C16H24N2O3/c1-12(18(3)4)13(10-15(19)17-2)11-16(20)21-14-8-6-5-7-9-14/h5-9,12-13H,10-11H2,1-4H3,(H,17,19). The van der Waals surface area contributed by atoms with E-state index in [1.165, 1.54) is 0 Å². The Morgan fingerprint density at radius 1 is 1.19 bits per heavy atom. The van der Waals surface area contributed by atoms with Crippen molar-refractivity contribution in [3.8, 4) is 5.75 Å². The molecule has 0 aliphatic rings. The summed E-state index contributed by atoms with van der Waals surface area (Å²) in [6.07, 6.45) is 0.515. The first kappa shape index (κ1) is 17.2. The molecule has 0 bridgehead atoms. The van der Waals surface area contributed by atoms with Crippen LogP contribution < -0.4 is 10.1 Å². The van der Waals surface area contributed by atoms with E-state index in [1.54, 1.807) is 19.2 Å². The molecule has 1 amide bonds. The van der Waals surface area contributed by atoms with Gasteiger partial charge < -0.3 is 15.0 Å². The summed E-state index contributed by atoms with van der Waals surface area (Å²) in [6.45, 7) is 2.00. The van der Waals surface area contributed by atoms with Crippen LogP contribution in [-0.4, -0.2) is 44.0 Å². The smallest absolute Gasteiger partial charge is 0.311 e. The Morgan fingerprint density at radius 2 is 1.81 bits per heavy atom. The minimum atomic E-state index is -0.316. The van der Waals surface area contributed by atoms with Crippen LogP contribution in [0.5, 0.6) is 5.75 Å². The molecule has 0 spiro atoms. The van der Waals surface area contributed by atoms with Crippen molar-refractivity contribution in [3.05, 3.63) is 30.3 Å². The van der Waals surface area contributed by atoms with Gasteiger partial charge >= 0.3 is 5.97 Å². The van der Waals surface area contributed by atoms with Gasteiger partial charge in [-0.1, -0.05) is 18.2 Å². The van der Waals surface area contributed by atoms with Crippen LogP contribution >= 0.6 is 0 Å². The molecule has 5 heteroatoms. The van der Waals surface area contributed by atoms with Gasteiger partial charge in [-0.3, -0.25) is 9.59 Å². The third kappa shape index (κ3) is 5.95. The summed E-state index contributed by atoms with van der Waals surface area (Å²) in [5.41, 5.74) is 0. The number of benzene rings is 1. The van der Waals surface area contributed by atoms with Crippen LogP contribution in [0.3, 0.4) is 0 Å². The van der Waals surface area contributed by atoms with Gasteiger partial charge in [0.15, 0.2) is 0 Å². The maximum Gasteiger partial charge on any atom is 0.311 e. The highest BCUT2D eigenvalue weighted by Gasteiger charge is 2.25. The molecular formula is C16H24N2O3. The van der Waals surface area contributed by atoms with E-state index in [4.69, 9.17) is 4.74 Å². The predicted octanol–water partition coefficient (Wildman–Crippen LogP) is 1.68. The highest BCUT2D eigenvalue weighted by atomic mass is 16.5. The number of amides is 1. The summed E-state index contributed by atoms with van der Waals surface area (Å²) in [4.78, 5) is 25.7. The molecule has 0 saturated carbocycles. The molecule has 1 rings (SSSR count). The molecule has 1 aromatic rings. The lowest BCUT2D eigenvalue weighted by Gasteiger charge is -2.28. The number of para-hydroxylation sites is 1. The molecule has 1 N–H and O–H groups in total. The minimum absolute atomic E-state index is 0.0683. The van der Waals surface area contributed by atoms with Gasteiger partial charge in [0.25, 0.3) is 0 Å². The molecule has 0 fully saturated rings. The van der Waals surface area contributed by atoms with E-state index in [0.717, 1.165) is 0 Å². The lowest BCUT2D eigenvalue weighted by Crippen LogP contribution is -2.37. The molecule has 0 aliphatic heterocycles. The van der Waals surface area contributed by atoms with Gasteiger partial charge in [0.1, 0.15) is 5.75 Å². The Morgan fingerprint density at radius 3 is 2.33 bits per heavy atom. The molecule has 116 valence electrons. The lowest BCUT2D eigenvalue weighted by atomic mass is 9.92. The number of hydrogen-bond acceptors (Lipinski definition) is 4. The minimum Gasteiger partial charge on any atom is -0.427 e. The molecule has 5 nitrogen and oxygen atoms in total. The van der Waals surface area contributed by atoms with Crippen LogP contribution in [0.1, 0.15) is 19.8 Å². The van der Waals surface area contributed by atoms with Crippen LogP contribution in [0, 0.1) is 5.92 Å². The fourth-order valence-corrected chi connectivity index (χ4v) is 2.05. The first-order valence-corrected chi connectivity index (χ1v) is 7.06. The Kier molecular flexibility index (Phi) is 6.88. The monoisotopic (exact) mass is 292 g/mol. The third-order valence-electron chi connectivity index (χ3n) is 3.63. The summed E-state index contributed by atoms with van der Waals surface area (Å²) >= 11 is 0. The molecule has 0 heterocycles. The van der Waals surface area contributed by atoms with Gasteiger partial charge in [-0.05, 0) is 39.1 Å². The second-order valence-corrected chi connectivity index (χ2v) is 5.33. The number of nitrogens with one attached hydrogen (secondary N) is 1. The molecular weight excluding hydrogens is 268 g/mol. The zero-order chi connectivity index (χ0) is 15.8. The molecule has 2 atom stereocenters. The van der Waals surface area contributed by atoms with Crippen molar-refractivity contribution in [3.63, 3.8) is 0 Å². The van der Waals surface area contributed by atoms with Crippen LogP contribution in [0.4, 0.5) is 0 Å². The van der Waals surface area contributed by atoms with E-state index in [0.29, 0.717) is 12.2 Å². The van der Waals surface area contributed by atoms with Crippen LogP contribution in [0.2, 0.25) is 0 Å².